The van der Waals surface area contributed by atoms with Gasteiger partial charge in [-0.25, -0.2) is 0 Å². The highest BCUT2D eigenvalue weighted by molar-refractivity contribution is 6.58. The van der Waals surface area contributed by atoms with E-state index in [2.05, 4.69) is 108 Å². The van der Waals surface area contributed by atoms with E-state index in [-0.39, 0.29) is 0 Å². The highest BCUT2D eigenvalue weighted by Crippen LogP contribution is 2.40. The molecule has 0 bridgehead atoms. The third kappa shape index (κ3) is 5.32. The van der Waals surface area contributed by atoms with Gasteiger partial charge in [-0.15, -0.1) is 0 Å². The summed E-state index contributed by atoms with van der Waals surface area (Å²) in [7, 11) is -1.51. The van der Waals surface area contributed by atoms with Crippen molar-refractivity contribution in [3.63, 3.8) is 0 Å². The summed E-state index contributed by atoms with van der Waals surface area (Å²) in [4.78, 5) is 2.20. The molecular weight excluding hydrogens is 489 g/mol. The lowest BCUT2D eigenvalue weighted by atomic mass is 9.80. The second-order valence-corrected chi connectivity index (χ2v) is 9.68. The van der Waals surface area contributed by atoms with Crippen molar-refractivity contribution in [3.05, 3.63) is 158 Å². The molecule has 6 rings (SSSR count). The van der Waals surface area contributed by atoms with Gasteiger partial charge in [0.05, 0.1) is 0 Å². The van der Waals surface area contributed by atoms with E-state index in [0.717, 1.165) is 44.9 Å². The maximum Gasteiger partial charge on any atom is 0.488 e. The van der Waals surface area contributed by atoms with Crippen LogP contribution in [-0.2, 0) is 0 Å². The maximum absolute atomic E-state index is 9.67. The van der Waals surface area contributed by atoms with E-state index in [4.69, 9.17) is 0 Å². The van der Waals surface area contributed by atoms with Gasteiger partial charge >= 0.3 is 7.12 Å². The van der Waals surface area contributed by atoms with Gasteiger partial charge in [-0.2, -0.15) is 0 Å². The predicted octanol–water partition coefficient (Wildman–Crippen LogP) is 7.84. The van der Waals surface area contributed by atoms with Crippen molar-refractivity contribution in [1.29, 1.82) is 0 Å². The first-order valence-electron chi connectivity index (χ1n) is 13.3. The normalized spacial score (nSPS) is 10.8. The van der Waals surface area contributed by atoms with Crippen LogP contribution in [0.2, 0.25) is 0 Å². The molecule has 0 heterocycles. The first kappa shape index (κ1) is 25.4. The number of hydrogen-bond donors (Lipinski definition) is 2. The minimum Gasteiger partial charge on any atom is -0.423 e. The summed E-state index contributed by atoms with van der Waals surface area (Å²) in [5, 5.41) is 19.3. The van der Waals surface area contributed by atoms with Crippen LogP contribution in [0.3, 0.4) is 0 Å². The second kappa shape index (κ2) is 11.5. The average molecular weight is 517 g/mol. The van der Waals surface area contributed by atoms with Crippen LogP contribution in [0.5, 0.6) is 0 Å². The van der Waals surface area contributed by atoms with Crippen LogP contribution in [0.15, 0.2) is 158 Å². The first-order valence-corrected chi connectivity index (χ1v) is 13.3. The van der Waals surface area contributed by atoms with Gasteiger partial charge in [0.2, 0.25) is 0 Å². The summed E-state index contributed by atoms with van der Waals surface area (Å²) in [6.45, 7) is 0. The predicted molar refractivity (Wildman–Crippen MR) is 167 cm³/mol. The molecule has 0 aromatic heterocycles. The third-order valence-corrected chi connectivity index (χ3v) is 7.11. The summed E-state index contributed by atoms with van der Waals surface area (Å²) in [5.41, 5.74) is 10.3. The maximum atomic E-state index is 9.67. The van der Waals surface area contributed by atoms with Crippen LogP contribution in [-0.4, -0.2) is 17.2 Å². The van der Waals surface area contributed by atoms with E-state index in [0.29, 0.717) is 5.46 Å². The van der Waals surface area contributed by atoms with Crippen LogP contribution in [0.1, 0.15) is 0 Å². The van der Waals surface area contributed by atoms with Gasteiger partial charge in [0.25, 0.3) is 0 Å². The number of benzene rings is 6. The smallest absolute Gasteiger partial charge is 0.423 e. The standard InChI is InChI=1S/C36H28BNO2/c39-37(40)31-18-22-33(23-19-31)38(32-20-16-28(17-21-32)27-10-4-1-5-11-27)34-24-25-35(29-12-6-2-7-13-29)36(26-34)30-14-8-3-9-15-30/h1-26,39-40H. The van der Waals surface area contributed by atoms with Crippen molar-refractivity contribution in [2.24, 2.45) is 0 Å². The van der Waals surface area contributed by atoms with Gasteiger partial charge in [-0.1, -0.05) is 121 Å². The summed E-state index contributed by atoms with van der Waals surface area (Å²) in [5.74, 6) is 0. The van der Waals surface area contributed by atoms with Crippen molar-refractivity contribution in [2.75, 3.05) is 4.90 Å². The zero-order chi connectivity index (χ0) is 27.3. The van der Waals surface area contributed by atoms with Gasteiger partial charge < -0.3 is 14.9 Å². The molecule has 2 N–H and O–H groups in total. The zero-order valence-electron chi connectivity index (χ0n) is 21.9. The summed E-state index contributed by atoms with van der Waals surface area (Å²) < 4.78 is 0. The molecule has 0 saturated carbocycles. The Hall–Kier alpha value is -4.90. The van der Waals surface area contributed by atoms with Crippen molar-refractivity contribution in [1.82, 2.24) is 0 Å². The molecule has 0 aliphatic heterocycles. The topological polar surface area (TPSA) is 43.7 Å². The van der Waals surface area contributed by atoms with Crippen LogP contribution >= 0.6 is 0 Å². The van der Waals surface area contributed by atoms with E-state index in [1.54, 1.807) is 12.1 Å². The monoisotopic (exact) mass is 517 g/mol. The molecular formula is C36H28BNO2. The lowest BCUT2D eigenvalue weighted by Crippen LogP contribution is -2.29. The minimum atomic E-state index is -1.51. The summed E-state index contributed by atoms with van der Waals surface area (Å²) >= 11 is 0. The van der Waals surface area contributed by atoms with E-state index in [1.807, 2.05) is 42.5 Å². The van der Waals surface area contributed by atoms with Gasteiger partial charge in [-0.05, 0) is 75.2 Å². The Balaban J connectivity index is 1.50. The molecule has 3 nitrogen and oxygen atoms in total. The Morgan fingerprint density at radius 3 is 1.32 bits per heavy atom. The molecule has 0 unspecified atom stereocenters. The Morgan fingerprint density at radius 2 is 0.800 bits per heavy atom. The molecule has 192 valence electrons. The quantitative estimate of drug-likeness (QED) is 0.212. The third-order valence-electron chi connectivity index (χ3n) is 7.11. The molecule has 0 saturated heterocycles. The number of hydrogen-bond acceptors (Lipinski definition) is 3. The minimum absolute atomic E-state index is 0.451. The molecule has 0 radical (unpaired) electrons. The fourth-order valence-corrected chi connectivity index (χ4v) is 5.07. The van der Waals surface area contributed by atoms with Crippen LogP contribution in [0, 0.1) is 0 Å². The van der Waals surface area contributed by atoms with Crippen molar-refractivity contribution in [3.8, 4) is 33.4 Å². The van der Waals surface area contributed by atoms with Crippen LogP contribution in [0.4, 0.5) is 17.1 Å². The Morgan fingerprint density at radius 1 is 0.375 bits per heavy atom. The molecule has 0 amide bonds. The first-order chi connectivity index (χ1) is 19.7. The molecule has 0 aliphatic carbocycles. The zero-order valence-corrected chi connectivity index (χ0v) is 21.9. The Kier molecular flexibility index (Phi) is 7.27. The van der Waals surface area contributed by atoms with E-state index in [9.17, 15) is 10.0 Å². The fraction of sp³-hybridized carbons (Fsp3) is 0. The van der Waals surface area contributed by atoms with Gasteiger partial charge in [0.15, 0.2) is 0 Å². The molecule has 40 heavy (non-hydrogen) atoms. The van der Waals surface area contributed by atoms with Gasteiger partial charge in [0, 0.05) is 17.1 Å². The van der Waals surface area contributed by atoms with Crippen molar-refractivity contribution in [2.45, 2.75) is 0 Å². The molecule has 4 heteroatoms. The molecule has 0 spiro atoms. The summed E-state index contributed by atoms with van der Waals surface area (Å²) in [6, 6.07) is 53.7. The number of nitrogens with zero attached hydrogens (tertiary/aromatic N) is 1. The Bertz CT molecular complexity index is 1690. The molecule has 6 aromatic carbocycles. The largest absolute Gasteiger partial charge is 0.488 e. The fourth-order valence-electron chi connectivity index (χ4n) is 5.07. The van der Waals surface area contributed by atoms with Gasteiger partial charge in [-0.3, -0.25) is 0 Å². The highest BCUT2D eigenvalue weighted by Gasteiger charge is 2.18. The molecule has 0 aliphatic rings. The van der Waals surface area contributed by atoms with Crippen LogP contribution < -0.4 is 10.4 Å². The lowest BCUT2D eigenvalue weighted by molar-refractivity contribution is 0.426. The molecule has 0 fully saturated rings. The van der Waals surface area contributed by atoms with E-state index >= 15 is 0 Å². The lowest BCUT2D eigenvalue weighted by Gasteiger charge is -2.27. The summed E-state index contributed by atoms with van der Waals surface area (Å²) in [6.07, 6.45) is 0. The highest BCUT2D eigenvalue weighted by atomic mass is 16.4. The number of rotatable bonds is 7. The van der Waals surface area contributed by atoms with E-state index < -0.39 is 7.12 Å². The van der Waals surface area contributed by atoms with E-state index in [1.165, 1.54) is 5.56 Å². The SMILES string of the molecule is OB(O)c1ccc(N(c2ccc(-c3ccccc3)cc2)c2ccc(-c3ccccc3)c(-c3ccccc3)c2)cc1. The number of anilines is 3. The van der Waals surface area contributed by atoms with Crippen LogP contribution in [0.25, 0.3) is 33.4 Å². The average Bonchev–Trinajstić information content (AvgIpc) is 3.03. The Labute approximate surface area is 235 Å². The van der Waals surface area contributed by atoms with Crippen molar-refractivity contribution >= 4 is 29.6 Å². The molecule has 0 atom stereocenters. The van der Waals surface area contributed by atoms with Crippen molar-refractivity contribution < 1.29 is 10.0 Å². The second-order valence-electron chi connectivity index (χ2n) is 9.68. The van der Waals surface area contributed by atoms with Gasteiger partial charge in [0.1, 0.15) is 0 Å². The molecule has 6 aromatic rings.